The van der Waals surface area contributed by atoms with Crippen LogP contribution < -0.4 is 4.90 Å². The molecule has 3 aromatic rings. The van der Waals surface area contributed by atoms with Gasteiger partial charge in [0, 0.05) is 29.0 Å². The van der Waals surface area contributed by atoms with Gasteiger partial charge in [0.1, 0.15) is 12.2 Å². The van der Waals surface area contributed by atoms with E-state index in [1.165, 1.54) is 18.3 Å². The molecule has 4 rings (SSSR count). The molecular weight excluding hydrogens is 370 g/mol. The van der Waals surface area contributed by atoms with Gasteiger partial charge in [-0.15, -0.1) is 0 Å². The van der Waals surface area contributed by atoms with Crippen LogP contribution in [0.15, 0.2) is 65.3 Å². The molecule has 7 heteroatoms. The molecule has 28 heavy (non-hydrogen) atoms. The predicted molar refractivity (Wildman–Crippen MR) is 102 cm³/mol. The van der Waals surface area contributed by atoms with Gasteiger partial charge in [-0.1, -0.05) is 12.1 Å². The average Bonchev–Trinajstić information content (AvgIpc) is 2.68. The van der Waals surface area contributed by atoms with Gasteiger partial charge < -0.3 is 4.90 Å². The fourth-order valence-corrected chi connectivity index (χ4v) is 3.30. The van der Waals surface area contributed by atoms with Crippen LogP contribution in [0.2, 0.25) is 0 Å². The lowest BCUT2D eigenvalue weighted by Crippen LogP contribution is -2.26. The van der Waals surface area contributed by atoms with Crippen LogP contribution in [0.25, 0.3) is 16.6 Å². The van der Waals surface area contributed by atoms with Crippen molar-refractivity contribution in [1.82, 2.24) is 4.98 Å². The zero-order valence-electron chi connectivity index (χ0n) is 14.8. The van der Waals surface area contributed by atoms with E-state index in [-0.39, 0.29) is 12.2 Å². The van der Waals surface area contributed by atoms with Crippen LogP contribution in [0, 0.1) is 5.82 Å². The predicted octanol–water partition coefficient (Wildman–Crippen LogP) is 5.67. The van der Waals surface area contributed by atoms with Crippen molar-refractivity contribution in [3.63, 3.8) is 0 Å². The van der Waals surface area contributed by atoms with Crippen LogP contribution in [-0.4, -0.2) is 17.9 Å². The highest BCUT2D eigenvalue weighted by Gasteiger charge is 2.30. The van der Waals surface area contributed by atoms with Gasteiger partial charge in [0.15, 0.2) is 5.82 Å². The molecule has 0 aliphatic carbocycles. The molecule has 142 valence electrons. The number of rotatable bonds is 2. The molecule has 1 aliphatic heterocycles. The summed E-state index contributed by atoms with van der Waals surface area (Å²) >= 11 is 0. The number of hydrogen-bond acceptors (Lipinski definition) is 3. The Morgan fingerprint density at radius 2 is 1.75 bits per heavy atom. The molecule has 0 bridgehead atoms. The zero-order chi connectivity index (χ0) is 19.9. The van der Waals surface area contributed by atoms with E-state index < -0.39 is 17.6 Å². The Balaban J connectivity index is 1.82. The number of aliphatic imine (C=N–C) groups is 1. The maximum Gasteiger partial charge on any atom is 0.416 e. The minimum Gasteiger partial charge on any atom is -0.320 e. The quantitative estimate of drug-likeness (QED) is 0.532. The van der Waals surface area contributed by atoms with Crippen molar-refractivity contribution in [2.24, 2.45) is 4.99 Å². The number of nitrogens with zero attached hydrogens (tertiary/aromatic N) is 3. The Morgan fingerprint density at radius 3 is 2.46 bits per heavy atom. The van der Waals surface area contributed by atoms with Gasteiger partial charge in [-0.3, -0.25) is 9.98 Å². The van der Waals surface area contributed by atoms with Gasteiger partial charge in [0.2, 0.25) is 0 Å². The first-order valence-corrected chi connectivity index (χ1v) is 8.55. The second kappa shape index (κ2) is 6.74. The van der Waals surface area contributed by atoms with Crippen molar-refractivity contribution in [3.8, 4) is 0 Å². The number of halogens is 4. The van der Waals surface area contributed by atoms with E-state index in [0.29, 0.717) is 27.9 Å². The van der Waals surface area contributed by atoms with Crippen molar-refractivity contribution >= 4 is 28.5 Å². The van der Waals surface area contributed by atoms with Crippen LogP contribution in [0.3, 0.4) is 0 Å². The lowest BCUT2D eigenvalue weighted by atomic mass is 10.0. The summed E-state index contributed by atoms with van der Waals surface area (Å²) in [7, 11) is 0. The number of benzene rings is 2. The molecule has 0 unspecified atom stereocenters. The molecular formula is C21H15F4N3. The Bertz CT molecular complexity index is 1100. The summed E-state index contributed by atoms with van der Waals surface area (Å²) in [5.74, 6) is -0.473. The Hall–Kier alpha value is -3.22. The maximum absolute atomic E-state index is 15.2. The molecule has 0 saturated heterocycles. The molecule has 0 radical (unpaired) electrons. The highest BCUT2D eigenvalue weighted by Crippen LogP contribution is 2.36. The van der Waals surface area contributed by atoms with Gasteiger partial charge in [-0.05, 0) is 48.9 Å². The lowest BCUT2D eigenvalue weighted by molar-refractivity contribution is -0.137. The van der Waals surface area contributed by atoms with E-state index in [1.807, 2.05) is 0 Å². The molecule has 3 nitrogen and oxygen atoms in total. The average molecular weight is 385 g/mol. The Morgan fingerprint density at radius 1 is 1.00 bits per heavy atom. The summed E-state index contributed by atoms with van der Waals surface area (Å²) in [6.45, 7) is 1.97. The number of pyridine rings is 1. The van der Waals surface area contributed by atoms with Crippen molar-refractivity contribution in [3.05, 3.63) is 77.2 Å². The molecule has 2 heterocycles. The van der Waals surface area contributed by atoms with Crippen molar-refractivity contribution in [1.29, 1.82) is 0 Å². The fraction of sp³-hybridized carbons (Fsp3) is 0.143. The third kappa shape index (κ3) is 3.13. The van der Waals surface area contributed by atoms with Crippen LogP contribution in [0.4, 0.5) is 23.2 Å². The third-order valence-corrected chi connectivity index (χ3v) is 4.63. The number of anilines is 1. The minimum absolute atomic E-state index is 0.178. The van der Waals surface area contributed by atoms with E-state index in [9.17, 15) is 13.2 Å². The van der Waals surface area contributed by atoms with Crippen molar-refractivity contribution < 1.29 is 17.6 Å². The molecule has 2 aromatic carbocycles. The molecule has 0 spiro atoms. The number of fused-ring (bicyclic) bond motifs is 1. The number of hydrogen-bond donors (Lipinski definition) is 0. The highest BCUT2D eigenvalue weighted by molar-refractivity contribution is 5.98. The van der Waals surface area contributed by atoms with Crippen LogP contribution in [-0.2, 0) is 6.18 Å². The van der Waals surface area contributed by atoms with Crippen LogP contribution in [0.1, 0.15) is 18.1 Å². The van der Waals surface area contributed by atoms with Crippen LogP contribution >= 0.6 is 0 Å². The first-order valence-electron chi connectivity index (χ1n) is 8.55. The Kier molecular flexibility index (Phi) is 4.37. The minimum atomic E-state index is -4.41. The summed E-state index contributed by atoms with van der Waals surface area (Å²) in [6, 6.07) is 11.7. The van der Waals surface area contributed by atoms with Crippen LogP contribution in [0.5, 0.6) is 0 Å². The molecule has 0 atom stereocenters. The number of aromatic nitrogens is 1. The lowest BCUT2D eigenvalue weighted by Gasteiger charge is -2.30. The van der Waals surface area contributed by atoms with Gasteiger partial charge in [-0.2, -0.15) is 13.2 Å². The largest absolute Gasteiger partial charge is 0.416 e. The molecule has 1 aromatic heterocycles. The molecule has 0 saturated carbocycles. The highest BCUT2D eigenvalue weighted by atomic mass is 19.4. The van der Waals surface area contributed by atoms with Gasteiger partial charge in [-0.25, -0.2) is 4.39 Å². The van der Waals surface area contributed by atoms with E-state index in [0.717, 1.165) is 12.1 Å². The molecule has 0 amide bonds. The fourth-order valence-electron chi connectivity index (χ4n) is 3.30. The third-order valence-electron chi connectivity index (χ3n) is 4.63. The smallest absolute Gasteiger partial charge is 0.320 e. The van der Waals surface area contributed by atoms with E-state index in [2.05, 4.69) is 9.98 Å². The zero-order valence-corrected chi connectivity index (χ0v) is 14.8. The SMILES string of the molecule is CC1=C(c2ccc3cccnc3c2F)N(c2ccc(C(F)(F)F)cc2)CN=C1. The molecule has 0 N–H and O–H groups in total. The summed E-state index contributed by atoms with van der Waals surface area (Å²) in [6.07, 6.45) is -1.26. The maximum atomic E-state index is 15.2. The summed E-state index contributed by atoms with van der Waals surface area (Å²) in [5, 5.41) is 0.674. The van der Waals surface area contributed by atoms with Gasteiger partial charge in [0.05, 0.1) is 11.3 Å². The van der Waals surface area contributed by atoms with Gasteiger partial charge in [0.25, 0.3) is 0 Å². The molecule has 0 fully saturated rings. The van der Waals surface area contributed by atoms with E-state index >= 15 is 4.39 Å². The first-order chi connectivity index (χ1) is 13.4. The van der Waals surface area contributed by atoms with Gasteiger partial charge >= 0.3 is 6.18 Å². The van der Waals surface area contributed by atoms with Crippen molar-refractivity contribution in [2.45, 2.75) is 13.1 Å². The first kappa shape index (κ1) is 18.2. The summed E-state index contributed by atoms with van der Waals surface area (Å²) in [4.78, 5) is 10.1. The summed E-state index contributed by atoms with van der Waals surface area (Å²) < 4.78 is 53.8. The Labute approximate surface area is 158 Å². The van der Waals surface area contributed by atoms with Crippen molar-refractivity contribution in [2.75, 3.05) is 11.6 Å². The monoisotopic (exact) mass is 385 g/mol. The normalized spacial score (nSPS) is 14.8. The number of alkyl halides is 3. The second-order valence-corrected chi connectivity index (χ2v) is 6.46. The number of allylic oxidation sites excluding steroid dienone is 1. The summed E-state index contributed by atoms with van der Waals surface area (Å²) in [5.41, 5.74) is 1.60. The second-order valence-electron chi connectivity index (χ2n) is 6.46. The standard InChI is InChI=1S/C21H15F4N3/c1-13-11-26-12-28(16-7-5-15(6-8-16)21(23,24)25)20(13)17-9-4-14-3-2-10-27-19(14)18(17)22/h2-11H,12H2,1H3. The van der Waals surface area contributed by atoms with E-state index in [1.54, 1.807) is 42.3 Å². The van der Waals surface area contributed by atoms with E-state index in [4.69, 9.17) is 0 Å². The molecule has 1 aliphatic rings. The topological polar surface area (TPSA) is 28.5 Å².